The van der Waals surface area contributed by atoms with Crippen LogP contribution in [-0.2, 0) is 9.59 Å². The summed E-state index contributed by atoms with van der Waals surface area (Å²) in [6, 6.07) is 6.95. The number of carbonyl (C=O) groups is 2. The van der Waals surface area contributed by atoms with Crippen LogP contribution in [-0.4, -0.2) is 17.0 Å². The molecule has 0 aromatic heterocycles. The fourth-order valence-corrected chi connectivity index (χ4v) is 1.71. The van der Waals surface area contributed by atoms with Gasteiger partial charge in [0.2, 0.25) is 5.91 Å². The molecule has 0 saturated carbocycles. The zero-order valence-corrected chi connectivity index (χ0v) is 12.6. The highest BCUT2D eigenvalue weighted by Crippen LogP contribution is 2.22. The molecule has 2 N–H and O–H groups in total. The van der Waals surface area contributed by atoms with Crippen molar-refractivity contribution in [3.05, 3.63) is 29.8 Å². The Morgan fingerprint density at radius 2 is 1.75 bits per heavy atom. The molecule has 1 amide bonds. The van der Waals surface area contributed by atoms with Gasteiger partial charge in [0.05, 0.1) is 5.92 Å². The maximum absolute atomic E-state index is 11.8. The smallest absolute Gasteiger partial charge is 0.310 e. The molecule has 0 aliphatic rings. The van der Waals surface area contributed by atoms with Gasteiger partial charge in [-0.15, -0.1) is 0 Å². The first-order valence-electron chi connectivity index (χ1n) is 6.82. The van der Waals surface area contributed by atoms with E-state index in [1.165, 1.54) is 0 Å². The van der Waals surface area contributed by atoms with Gasteiger partial charge in [-0.1, -0.05) is 32.9 Å². The van der Waals surface area contributed by atoms with E-state index in [2.05, 4.69) is 26.1 Å². The van der Waals surface area contributed by atoms with Crippen molar-refractivity contribution < 1.29 is 14.7 Å². The lowest BCUT2D eigenvalue weighted by Gasteiger charge is -2.17. The van der Waals surface area contributed by atoms with E-state index in [1.807, 2.05) is 0 Å². The standard InChI is InChI=1S/C16H23NO3/c1-11(15(19)20)12-5-7-13(8-6-12)17-14(18)9-10-16(2,3)4/h5-8,11H,9-10H2,1-4H3,(H,17,18)(H,19,20). The van der Waals surface area contributed by atoms with Gasteiger partial charge >= 0.3 is 5.97 Å². The largest absolute Gasteiger partial charge is 0.481 e. The van der Waals surface area contributed by atoms with E-state index in [-0.39, 0.29) is 11.3 Å². The molecule has 1 atom stereocenters. The monoisotopic (exact) mass is 277 g/mol. The van der Waals surface area contributed by atoms with Gasteiger partial charge in [-0.2, -0.15) is 0 Å². The van der Waals surface area contributed by atoms with E-state index >= 15 is 0 Å². The molecule has 1 unspecified atom stereocenters. The van der Waals surface area contributed by atoms with E-state index < -0.39 is 11.9 Å². The van der Waals surface area contributed by atoms with Crippen molar-refractivity contribution >= 4 is 17.6 Å². The summed E-state index contributed by atoms with van der Waals surface area (Å²) in [7, 11) is 0. The molecule has 0 aliphatic heterocycles. The maximum atomic E-state index is 11.8. The van der Waals surface area contributed by atoms with Crippen LogP contribution in [0, 0.1) is 5.41 Å². The fourth-order valence-electron chi connectivity index (χ4n) is 1.71. The normalized spacial score (nSPS) is 12.8. The molecule has 0 radical (unpaired) electrons. The fraction of sp³-hybridized carbons (Fsp3) is 0.500. The van der Waals surface area contributed by atoms with Crippen molar-refractivity contribution in [2.75, 3.05) is 5.32 Å². The van der Waals surface area contributed by atoms with Crippen LogP contribution in [0.2, 0.25) is 0 Å². The van der Waals surface area contributed by atoms with Gasteiger partial charge in [0.15, 0.2) is 0 Å². The number of amides is 1. The molecule has 0 heterocycles. The van der Waals surface area contributed by atoms with Gasteiger partial charge in [0.1, 0.15) is 0 Å². The maximum Gasteiger partial charge on any atom is 0.310 e. The average Bonchev–Trinajstić information content (AvgIpc) is 2.35. The molecule has 4 nitrogen and oxygen atoms in total. The SMILES string of the molecule is CC(C(=O)O)c1ccc(NC(=O)CCC(C)(C)C)cc1. The lowest BCUT2D eigenvalue weighted by Crippen LogP contribution is -2.15. The predicted molar refractivity (Wildman–Crippen MR) is 79.8 cm³/mol. The van der Waals surface area contributed by atoms with Crippen LogP contribution >= 0.6 is 0 Å². The second kappa shape index (κ2) is 6.55. The number of hydrogen-bond acceptors (Lipinski definition) is 2. The quantitative estimate of drug-likeness (QED) is 0.863. The number of carboxylic acid groups (broad SMARTS) is 1. The number of benzene rings is 1. The molecule has 1 rings (SSSR count). The first kappa shape index (κ1) is 16.2. The Kier molecular flexibility index (Phi) is 5.31. The lowest BCUT2D eigenvalue weighted by atomic mass is 9.90. The number of anilines is 1. The van der Waals surface area contributed by atoms with Crippen molar-refractivity contribution in [1.82, 2.24) is 0 Å². The molecule has 0 aliphatic carbocycles. The van der Waals surface area contributed by atoms with Crippen molar-refractivity contribution in [2.45, 2.75) is 46.5 Å². The van der Waals surface area contributed by atoms with E-state index in [0.29, 0.717) is 12.1 Å². The van der Waals surface area contributed by atoms with Gasteiger partial charge in [-0.05, 0) is 36.5 Å². The summed E-state index contributed by atoms with van der Waals surface area (Å²) in [5.74, 6) is -1.41. The third-order valence-corrected chi connectivity index (χ3v) is 3.17. The molecule has 110 valence electrons. The Labute approximate surface area is 120 Å². The number of carboxylic acids is 1. The highest BCUT2D eigenvalue weighted by Gasteiger charge is 2.14. The van der Waals surface area contributed by atoms with Gasteiger partial charge < -0.3 is 10.4 Å². The zero-order chi connectivity index (χ0) is 15.3. The third-order valence-electron chi connectivity index (χ3n) is 3.17. The lowest BCUT2D eigenvalue weighted by molar-refractivity contribution is -0.138. The van der Waals surface area contributed by atoms with Crippen LogP contribution < -0.4 is 5.32 Å². The van der Waals surface area contributed by atoms with Crippen LogP contribution in [0.4, 0.5) is 5.69 Å². The summed E-state index contributed by atoms with van der Waals surface area (Å²) in [6.45, 7) is 7.94. The minimum absolute atomic E-state index is 0.0149. The van der Waals surface area contributed by atoms with Gasteiger partial charge in [-0.25, -0.2) is 0 Å². The summed E-state index contributed by atoms with van der Waals surface area (Å²) in [5.41, 5.74) is 1.56. The first-order valence-corrected chi connectivity index (χ1v) is 6.82. The van der Waals surface area contributed by atoms with E-state index in [9.17, 15) is 9.59 Å². The molecule has 1 aromatic carbocycles. The molecular weight excluding hydrogens is 254 g/mol. The van der Waals surface area contributed by atoms with Crippen molar-refractivity contribution in [3.8, 4) is 0 Å². The van der Waals surface area contributed by atoms with Crippen LogP contribution in [0.5, 0.6) is 0 Å². The number of aliphatic carboxylic acids is 1. The number of carbonyl (C=O) groups excluding carboxylic acids is 1. The van der Waals surface area contributed by atoms with E-state index in [0.717, 1.165) is 12.0 Å². The van der Waals surface area contributed by atoms with Gasteiger partial charge in [-0.3, -0.25) is 9.59 Å². The van der Waals surface area contributed by atoms with Crippen LogP contribution in [0.15, 0.2) is 24.3 Å². The number of hydrogen-bond donors (Lipinski definition) is 2. The van der Waals surface area contributed by atoms with Gasteiger partial charge in [0.25, 0.3) is 0 Å². The van der Waals surface area contributed by atoms with Crippen LogP contribution in [0.1, 0.15) is 52.0 Å². The summed E-state index contributed by atoms with van der Waals surface area (Å²) in [6.07, 6.45) is 1.31. The van der Waals surface area contributed by atoms with Crippen molar-refractivity contribution in [3.63, 3.8) is 0 Å². The van der Waals surface area contributed by atoms with Crippen molar-refractivity contribution in [1.29, 1.82) is 0 Å². The Hall–Kier alpha value is -1.84. The average molecular weight is 277 g/mol. The number of nitrogens with one attached hydrogen (secondary N) is 1. The second-order valence-corrected chi connectivity index (χ2v) is 6.29. The molecular formula is C16H23NO3. The molecule has 0 spiro atoms. The molecule has 1 aromatic rings. The number of rotatable bonds is 5. The van der Waals surface area contributed by atoms with Crippen LogP contribution in [0.25, 0.3) is 0 Å². The minimum Gasteiger partial charge on any atom is -0.481 e. The van der Waals surface area contributed by atoms with Gasteiger partial charge in [0, 0.05) is 12.1 Å². The third kappa shape index (κ3) is 5.43. The predicted octanol–water partition coefficient (Wildman–Crippen LogP) is 3.64. The first-order chi connectivity index (χ1) is 9.19. The zero-order valence-electron chi connectivity index (χ0n) is 12.6. The molecule has 0 saturated heterocycles. The highest BCUT2D eigenvalue weighted by atomic mass is 16.4. The Bertz CT molecular complexity index is 471. The second-order valence-electron chi connectivity index (χ2n) is 6.29. The summed E-state index contributed by atoms with van der Waals surface area (Å²) in [4.78, 5) is 22.7. The molecule has 4 heteroatoms. The summed E-state index contributed by atoms with van der Waals surface area (Å²) >= 11 is 0. The summed E-state index contributed by atoms with van der Waals surface area (Å²) < 4.78 is 0. The van der Waals surface area contributed by atoms with E-state index in [4.69, 9.17) is 5.11 Å². The van der Waals surface area contributed by atoms with Crippen molar-refractivity contribution in [2.24, 2.45) is 5.41 Å². The topological polar surface area (TPSA) is 66.4 Å². The minimum atomic E-state index is -0.855. The Balaban J connectivity index is 2.57. The molecule has 0 bridgehead atoms. The molecule has 20 heavy (non-hydrogen) atoms. The van der Waals surface area contributed by atoms with Crippen LogP contribution in [0.3, 0.4) is 0 Å². The van der Waals surface area contributed by atoms with E-state index in [1.54, 1.807) is 31.2 Å². The summed E-state index contributed by atoms with van der Waals surface area (Å²) in [5, 5.41) is 11.8. The molecule has 0 fully saturated rings. The Morgan fingerprint density at radius 1 is 1.20 bits per heavy atom. The Morgan fingerprint density at radius 3 is 2.20 bits per heavy atom. The highest BCUT2D eigenvalue weighted by molar-refractivity contribution is 5.90.